The molecule has 0 spiro atoms. The van der Waals surface area contributed by atoms with Gasteiger partial charge < -0.3 is 14.7 Å². The number of hydrogen-bond acceptors (Lipinski definition) is 4. The Morgan fingerprint density at radius 2 is 2.33 bits per heavy atom. The second-order valence-electron chi connectivity index (χ2n) is 4.20. The van der Waals surface area contributed by atoms with E-state index in [1.165, 1.54) is 16.7 Å². The highest BCUT2D eigenvalue weighted by Crippen LogP contribution is 2.20. The maximum absolute atomic E-state index is 12.0. The number of carbonyl (C=O) groups excluding carboxylic acids is 1. The Bertz CT molecular complexity index is 432. The quantitative estimate of drug-likeness (QED) is 0.788. The van der Waals surface area contributed by atoms with E-state index < -0.39 is 12.0 Å². The van der Waals surface area contributed by atoms with Gasteiger partial charge in [0.25, 0.3) is 0 Å². The normalized spacial score (nSPS) is 23.3. The molecule has 7 nitrogen and oxygen atoms in total. The zero-order valence-corrected chi connectivity index (χ0v) is 10.0. The molecule has 2 rings (SSSR count). The summed E-state index contributed by atoms with van der Waals surface area (Å²) in [7, 11) is 1.52. The Morgan fingerprint density at radius 3 is 2.89 bits per heavy atom. The van der Waals surface area contributed by atoms with E-state index in [9.17, 15) is 9.59 Å². The number of methoxy groups -OCH3 is 1. The zero-order valence-electron chi connectivity index (χ0n) is 10.0. The third kappa shape index (κ3) is 2.51. The molecule has 0 aliphatic carbocycles. The van der Waals surface area contributed by atoms with Crippen molar-refractivity contribution in [2.24, 2.45) is 0 Å². The van der Waals surface area contributed by atoms with Crippen LogP contribution in [0.25, 0.3) is 0 Å². The Labute approximate surface area is 104 Å². The molecule has 0 aromatic carbocycles. The fourth-order valence-corrected chi connectivity index (χ4v) is 2.10. The van der Waals surface area contributed by atoms with E-state index in [0.717, 1.165) is 0 Å². The summed E-state index contributed by atoms with van der Waals surface area (Å²) in [5, 5.41) is 13.0. The Hall–Kier alpha value is -1.89. The van der Waals surface area contributed by atoms with E-state index in [1.54, 1.807) is 18.5 Å². The van der Waals surface area contributed by atoms with Crippen LogP contribution in [-0.4, -0.2) is 57.5 Å². The fourth-order valence-electron chi connectivity index (χ4n) is 2.10. The van der Waals surface area contributed by atoms with Crippen LogP contribution >= 0.6 is 0 Å². The maximum atomic E-state index is 12.0. The molecule has 1 aromatic heterocycles. The van der Waals surface area contributed by atoms with Gasteiger partial charge in [-0.3, -0.25) is 9.48 Å². The number of ether oxygens (including phenoxy) is 1. The molecule has 7 heteroatoms. The lowest BCUT2D eigenvalue weighted by Crippen LogP contribution is -2.42. The summed E-state index contributed by atoms with van der Waals surface area (Å²) in [5.74, 6) is -1.26. The SMILES string of the molecule is COC1CC(C(=O)O)N(C(=O)Cn2cccn2)C1. The van der Waals surface area contributed by atoms with Crippen LogP contribution in [-0.2, 0) is 20.9 Å². The number of aliphatic carboxylic acids is 1. The second-order valence-corrected chi connectivity index (χ2v) is 4.20. The Balaban J connectivity index is 2.05. The molecule has 2 unspecified atom stereocenters. The Kier molecular flexibility index (Phi) is 3.61. The van der Waals surface area contributed by atoms with Gasteiger partial charge in [-0.2, -0.15) is 5.10 Å². The van der Waals surface area contributed by atoms with E-state index in [-0.39, 0.29) is 18.6 Å². The van der Waals surface area contributed by atoms with Crippen LogP contribution in [0.3, 0.4) is 0 Å². The van der Waals surface area contributed by atoms with Crippen molar-refractivity contribution in [3.05, 3.63) is 18.5 Å². The number of nitrogens with zero attached hydrogens (tertiary/aromatic N) is 3. The minimum Gasteiger partial charge on any atom is -0.480 e. The van der Waals surface area contributed by atoms with E-state index in [4.69, 9.17) is 9.84 Å². The summed E-state index contributed by atoms with van der Waals surface area (Å²) in [6.45, 7) is 0.362. The van der Waals surface area contributed by atoms with Crippen LogP contribution in [0.4, 0.5) is 0 Å². The molecule has 1 aliphatic heterocycles. The van der Waals surface area contributed by atoms with Crippen LogP contribution in [0, 0.1) is 0 Å². The van der Waals surface area contributed by atoms with Crippen LogP contribution in [0.5, 0.6) is 0 Å². The summed E-state index contributed by atoms with van der Waals surface area (Å²) < 4.78 is 6.60. The lowest BCUT2D eigenvalue weighted by molar-refractivity contribution is -0.148. The number of carboxylic acids is 1. The van der Waals surface area contributed by atoms with Gasteiger partial charge in [-0.15, -0.1) is 0 Å². The smallest absolute Gasteiger partial charge is 0.326 e. The van der Waals surface area contributed by atoms with Crippen LogP contribution in [0.15, 0.2) is 18.5 Å². The van der Waals surface area contributed by atoms with Crippen LogP contribution in [0.2, 0.25) is 0 Å². The van der Waals surface area contributed by atoms with Crippen molar-refractivity contribution in [3.8, 4) is 0 Å². The van der Waals surface area contributed by atoms with Crippen LogP contribution < -0.4 is 0 Å². The summed E-state index contributed by atoms with van der Waals surface area (Å²) in [6.07, 6.45) is 3.35. The zero-order chi connectivity index (χ0) is 13.1. The lowest BCUT2D eigenvalue weighted by atomic mass is 10.2. The average molecular weight is 253 g/mol. The standard InChI is InChI=1S/C11H15N3O4/c1-18-8-5-9(11(16)17)14(6-8)10(15)7-13-4-2-3-12-13/h2-4,8-9H,5-7H2,1H3,(H,16,17). The van der Waals surface area contributed by atoms with E-state index in [0.29, 0.717) is 13.0 Å². The molecule has 1 amide bonds. The molecule has 98 valence electrons. The average Bonchev–Trinajstić information content (AvgIpc) is 2.96. The summed E-state index contributed by atoms with van der Waals surface area (Å²) >= 11 is 0. The third-order valence-corrected chi connectivity index (χ3v) is 3.06. The number of hydrogen-bond donors (Lipinski definition) is 1. The fraction of sp³-hybridized carbons (Fsp3) is 0.545. The molecule has 18 heavy (non-hydrogen) atoms. The van der Waals surface area contributed by atoms with Gasteiger partial charge in [0.05, 0.1) is 6.10 Å². The van der Waals surface area contributed by atoms with Gasteiger partial charge in [-0.05, 0) is 6.07 Å². The van der Waals surface area contributed by atoms with Gasteiger partial charge >= 0.3 is 5.97 Å². The molecular weight excluding hydrogens is 238 g/mol. The van der Waals surface area contributed by atoms with Gasteiger partial charge in [0.2, 0.25) is 5.91 Å². The van der Waals surface area contributed by atoms with Gasteiger partial charge in [0.15, 0.2) is 0 Å². The second kappa shape index (κ2) is 5.18. The van der Waals surface area contributed by atoms with Crippen molar-refractivity contribution in [3.63, 3.8) is 0 Å². The van der Waals surface area contributed by atoms with Crippen molar-refractivity contribution in [1.29, 1.82) is 0 Å². The monoisotopic (exact) mass is 253 g/mol. The molecular formula is C11H15N3O4. The predicted octanol–water partition coefficient (Wildman–Crippen LogP) is -0.416. The van der Waals surface area contributed by atoms with Gasteiger partial charge in [0, 0.05) is 32.5 Å². The van der Waals surface area contributed by atoms with E-state index in [1.807, 2.05) is 0 Å². The van der Waals surface area contributed by atoms with Crippen molar-refractivity contribution in [2.75, 3.05) is 13.7 Å². The topological polar surface area (TPSA) is 84.7 Å². The first kappa shape index (κ1) is 12.6. The molecule has 2 atom stereocenters. The first-order chi connectivity index (χ1) is 8.61. The van der Waals surface area contributed by atoms with Crippen molar-refractivity contribution in [2.45, 2.75) is 25.1 Å². The molecule has 1 saturated heterocycles. The number of carboxylic acid groups (broad SMARTS) is 1. The molecule has 2 heterocycles. The maximum Gasteiger partial charge on any atom is 0.326 e. The van der Waals surface area contributed by atoms with Gasteiger partial charge in [-0.1, -0.05) is 0 Å². The predicted molar refractivity (Wildman–Crippen MR) is 60.8 cm³/mol. The molecule has 1 aliphatic rings. The highest BCUT2D eigenvalue weighted by molar-refractivity contribution is 5.84. The number of carbonyl (C=O) groups is 2. The first-order valence-corrected chi connectivity index (χ1v) is 5.64. The number of aromatic nitrogens is 2. The van der Waals surface area contributed by atoms with Gasteiger partial charge in [0.1, 0.15) is 12.6 Å². The van der Waals surface area contributed by atoms with Crippen molar-refractivity contribution >= 4 is 11.9 Å². The van der Waals surface area contributed by atoms with Crippen molar-refractivity contribution in [1.82, 2.24) is 14.7 Å². The van der Waals surface area contributed by atoms with E-state index in [2.05, 4.69) is 5.10 Å². The number of rotatable bonds is 4. The molecule has 1 aromatic rings. The highest BCUT2D eigenvalue weighted by Gasteiger charge is 2.39. The molecule has 1 fully saturated rings. The molecule has 1 N–H and O–H groups in total. The highest BCUT2D eigenvalue weighted by atomic mass is 16.5. The third-order valence-electron chi connectivity index (χ3n) is 3.06. The minimum atomic E-state index is -0.997. The van der Waals surface area contributed by atoms with E-state index >= 15 is 0 Å². The molecule has 0 radical (unpaired) electrons. The molecule has 0 saturated carbocycles. The minimum absolute atomic E-state index is 0.0488. The summed E-state index contributed by atoms with van der Waals surface area (Å²) in [4.78, 5) is 24.5. The summed E-state index contributed by atoms with van der Waals surface area (Å²) in [5.41, 5.74) is 0. The van der Waals surface area contributed by atoms with Crippen molar-refractivity contribution < 1.29 is 19.4 Å². The summed E-state index contributed by atoms with van der Waals surface area (Å²) in [6, 6.07) is 0.905. The first-order valence-electron chi connectivity index (χ1n) is 5.64. The number of amides is 1. The number of likely N-dealkylation sites (tertiary alicyclic amines) is 1. The Morgan fingerprint density at radius 1 is 1.56 bits per heavy atom. The lowest BCUT2D eigenvalue weighted by Gasteiger charge is -2.21. The van der Waals surface area contributed by atoms with Crippen LogP contribution in [0.1, 0.15) is 6.42 Å². The molecule has 0 bridgehead atoms. The van der Waals surface area contributed by atoms with Gasteiger partial charge in [-0.25, -0.2) is 4.79 Å². The largest absolute Gasteiger partial charge is 0.480 e.